The van der Waals surface area contributed by atoms with Crippen molar-refractivity contribution in [1.29, 1.82) is 5.26 Å². The third-order valence-corrected chi connectivity index (χ3v) is 7.36. The summed E-state index contributed by atoms with van der Waals surface area (Å²) in [6, 6.07) is 9.33. The largest absolute Gasteiger partial charge is 0.465 e. The van der Waals surface area contributed by atoms with Crippen molar-refractivity contribution in [3.63, 3.8) is 0 Å². The van der Waals surface area contributed by atoms with Crippen LogP contribution in [0.2, 0.25) is 0 Å². The van der Waals surface area contributed by atoms with Crippen LogP contribution in [0.3, 0.4) is 0 Å². The fraction of sp³-hybridized carbons (Fsp3) is 0.545. The van der Waals surface area contributed by atoms with Crippen LogP contribution in [-0.2, 0) is 11.3 Å². The van der Waals surface area contributed by atoms with Crippen LogP contribution in [0.15, 0.2) is 24.3 Å². The molecule has 1 unspecified atom stereocenters. The molecule has 8 nitrogen and oxygen atoms in total. The van der Waals surface area contributed by atoms with Crippen LogP contribution in [0.4, 0.5) is 4.79 Å². The summed E-state index contributed by atoms with van der Waals surface area (Å²) < 4.78 is 0. The first-order chi connectivity index (χ1) is 15.4. The normalized spacial score (nSPS) is 19.8. The molecule has 2 amide bonds. The molecule has 0 bridgehead atoms. The number of amides is 2. The highest BCUT2D eigenvalue weighted by atomic mass is 32.2. The van der Waals surface area contributed by atoms with Gasteiger partial charge in [-0.3, -0.25) is 15.0 Å². The van der Waals surface area contributed by atoms with E-state index in [-0.39, 0.29) is 11.9 Å². The Labute approximate surface area is 198 Å². The predicted molar refractivity (Wildman–Crippen MR) is 128 cm³/mol. The van der Waals surface area contributed by atoms with Gasteiger partial charge in [-0.05, 0) is 49.2 Å². The molecule has 2 N–H and O–H groups in total. The number of nitrogens with zero attached hydrogens (tertiary/aromatic N) is 4. The quantitative estimate of drug-likeness (QED) is 0.606. The molecule has 10 heteroatoms. The zero-order chi connectivity index (χ0) is 23.3. The molecule has 2 heterocycles. The maximum Gasteiger partial charge on any atom is 0.413 e. The molecule has 32 heavy (non-hydrogen) atoms. The second-order valence-electron chi connectivity index (χ2n) is 8.00. The number of thioether (sulfide) groups is 1. The van der Waals surface area contributed by atoms with E-state index < -0.39 is 11.8 Å². The van der Waals surface area contributed by atoms with Gasteiger partial charge in [-0.25, -0.2) is 4.79 Å². The van der Waals surface area contributed by atoms with E-state index >= 15 is 0 Å². The Kier molecular flexibility index (Phi) is 7.98. The minimum absolute atomic E-state index is 0.0588. The van der Waals surface area contributed by atoms with E-state index in [1.807, 2.05) is 34.3 Å². The molecular weight excluding hydrogens is 446 g/mol. The lowest BCUT2D eigenvalue weighted by Crippen LogP contribution is -2.60. The van der Waals surface area contributed by atoms with E-state index in [1.165, 1.54) is 4.90 Å². The lowest BCUT2D eigenvalue weighted by atomic mass is 9.95. The monoisotopic (exact) mass is 475 g/mol. The zero-order valence-electron chi connectivity index (χ0n) is 18.4. The first-order valence-corrected chi connectivity index (χ1v) is 12.5. The summed E-state index contributed by atoms with van der Waals surface area (Å²) in [4.78, 5) is 29.8. The van der Waals surface area contributed by atoms with E-state index in [0.29, 0.717) is 49.7 Å². The topological polar surface area (TPSA) is 99.9 Å². The highest BCUT2D eigenvalue weighted by Crippen LogP contribution is 2.35. The summed E-state index contributed by atoms with van der Waals surface area (Å²) in [7, 11) is 0. The predicted octanol–water partition coefficient (Wildman–Crippen LogP) is 2.69. The standard InChI is InChI=1S/C22H29N5O3S2/c1-3-26(21(29)30)20(31)25-11-9-22(10-12-25)24-18(8-13-32-2)19(28)27(22)15-17-7-5-4-6-16(17)14-23/h4-7,18,24H,3,8-13,15H2,1-2H3,(H,29,30). The molecule has 0 radical (unpaired) electrons. The molecule has 1 atom stereocenters. The maximum absolute atomic E-state index is 13.4. The maximum atomic E-state index is 13.4. The Morgan fingerprint density at radius 3 is 2.69 bits per heavy atom. The number of likely N-dealkylation sites (tertiary alicyclic amines) is 1. The second kappa shape index (κ2) is 10.5. The second-order valence-corrected chi connectivity index (χ2v) is 9.35. The first kappa shape index (κ1) is 24.3. The third kappa shape index (κ3) is 4.85. The minimum Gasteiger partial charge on any atom is -0.465 e. The Morgan fingerprint density at radius 2 is 2.09 bits per heavy atom. The number of hydrogen-bond donors (Lipinski definition) is 2. The molecule has 2 aliphatic rings. The van der Waals surface area contributed by atoms with Crippen molar-refractivity contribution in [1.82, 2.24) is 20.0 Å². The third-order valence-electron chi connectivity index (χ3n) is 6.24. The van der Waals surface area contributed by atoms with Gasteiger partial charge in [-0.2, -0.15) is 17.0 Å². The van der Waals surface area contributed by atoms with Crippen LogP contribution in [0.5, 0.6) is 0 Å². The van der Waals surface area contributed by atoms with Gasteiger partial charge in [0.2, 0.25) is 5.91 Å². The van der Waals surface area contributed by atoms with Crippen molar-refractivity contribution in [3.8, 4) is 6.07 Å². The number of piperidine rings is 1. The smallest absolute Gasteiger partial charge is 0.413 e. The van der Waals surface area contributed by atoms with E-state index in [1.54, 1.807) is 24.8 Å². The molecule has 0 aromatic heterocycles. The molecule has 1 aromatic rings. The van der Waals surface area contributed by atoms with Gasteiger partial charge in [0, 0.05) is 39.0 Å². The average Bonchev–Trinajstić information content (AvgIpc) is 3.04. The Bertz CT molecular complexity index is 911. The molecule has 1 aromatic carbocycles. The van der Waals surface area contributed by atoms with Crippen LogP contribution in [0.1, 0.15) is 37.3 Å². The van der Waals surface area contributed by atoms with E-state index in [4.69, 9.17) is 12.2 Å². The Balaban J connectivity index is 1.82. The number of carbonyl (C=O) groups is 2. The van der Waals surface area contributed by atoms with Crippen LogP contribution >= 0.6 is 24.0 Å². The van der Waals surface area contributed by atoms with Crippen LogP contribution < -0.4 is 5.32 Å². The van der Waals surface area contributed by atoms with Gasteiger partial charge in [0.05, 0.1) is 23.3 Å². The highest BCUT2D eigenvalue weighted by molar-refractivity contribution is 7.98. The van der Waals surface area contributed by atoms with Crippen LogP contribution in [0, 0.1) is 11.3 Å². The first-order valence-electron chi connectivity index (χ1n) is 10.7. The lowest BCUT2D eigenvalue weighted by molar-refractivity contribution is -0.134. The molecule has 2 fully saturated rings. The van der Waals surface area contributed by atoms with Gasteiger partial charge >= 0.3 is 6.09 Å². The van der Waals surface area contributed by atoms with Crippen molar-refractivity contribution in [2.75, 3.05) is 31.6 Å². The summed E-state index contributed by atoms with van der Waals surface area (Å²) in [5.41, 5.74) is 0.868. The molecular formula is C22H29N5O3S2. The summed E-state index contributed by atoms with van der Waals surface area (Å²) in [6.45, 7) is 3.52. The molecule has 2 saturated heterocycles. The number of carboxylic acid groups (broad SMARTS) is 1. The van der Waals surface area contributed by atoms with Crippen molar-refractivity contribution in [3.05, 3.63) is 35.4 Å². The molecule has 2 aliphatic heterocycles. The summed E-state index contributed by atoms with van der Waals surface area (Å²) in [5, 5.41) is 22.8. The number of rotatable bonds is 6. The van der Waals surface area contributed by atoms with Gasteiger partial charge < -0.3 is 14.9 Å². The molecule has 0 aliphatic carbocycles. The summed E-state index contributed by atoms with van der Waals surface area (Å²) in [6.07, 6.45) is 2.96. The molecule has 3 rings (SSSR count). The van der Waals surface area contributed by atoms with Crippen molar-refractivity contribution in [2.45, 2.75) is 44.4 Å². The fourth-order valence-corrected chi connectivity index (χ4v) is 5.33. The number of carbonyl (C=O) groups excluding carboxylic acids is 1. The number of benzene rings is 1. The van der Waals surface area contributed by atoms with Gasteiger partial charge in [-0.15, -0.1) is 0 Å². The molecule has 1 spiro atoms. The average molecular weight is 476 g/mol. The van der Waals surface area contributed by atoms with Gasteiger partial charge in [0.15, 0.2) is 5.11 Å². The van der Waals surface area contributed by atoms with Gasteiger partial charge in [-0.1, -0.05) is 18.2 Å². The van der Waals surface area contributed by atoms with Crippen molar-refractivity contribution < 1.29 is 14.7 Å². The Hall–Kier alpha value is -2.35. The number of thiocarbonyl (C=S) groups is 1. The van der Waals surface area contributed by atoms with E-state index in [2.05, 4.69) is 11.4 Å². The number of nitrogens with one attached hydrogen (secondary N) is 1. The SMILES string of the molecule is CCN(C(=O)O)C(=S)N1CCC2(CC1)NC(CCSC)C(=O)N2Cc1ccccc1C#N. The van der Waals surface area contributed by atoms with E-state index in [9.17, 15) is 20.0 Å². The number of hydrogen-bond acceptors (Lipinski definition) is 6. The van der Waals surface area contributed by atoms with Crippen molar-refractivity contribution in [2.24, 2.45) is 0 Å². The highest BCUT2D eigenvalue weighted by Gasteiger charge is 2.51. The Morgan fingerprint density at radius 1 is 1.41 bits per heavy atom. The van der Waals surface area contributed by atoms with Crippen LogP contribution in [-0.4, -0.2) is 80.3 Å². The van der Waals surface area contributed by atoms with Gasteiger partial charge in [0.1, 0.15) is 0 Å². The zero-order valence-corrected chi connectivity index (χ0v) is 20.0. The number of nitriles is 1. The van der Waals surface area contributed by atoms with E-state index in [0.717, 1.165) is 17.7 Å². The summed E-state index contributed by atoms with van der Waals surface area (Å²) >= 11 is 7.15. The summed E-state index contributed by atoms with van der Waals surface area (Å²) in [5.74, 6) is 0.936. The van der Waals surface area contributed by atoms with Gasteiger partial charge in [0.25, 0.3) is 0 Å². The van der Waals surface area contributed by atoms with Crippen LogP contribution in [0.25, 0.3) is 0 Å². The minimum atomic E-state index is -1.06. The molecule has 0 saturated carbocycles. The lowest BCUT2D eigenvalue weighted by Gasteiger charge is -2.46. The fourth-order valence-electron chi connectivity index (χ4n) is 4.47. The molecule has 172 valence electrons. The van der Waals surface area contributed by atoms with Crippen molar-refractivity contribution >= 4 is 41.1 Å².